The van der Waals surface area contributed by atoms with Crippen LogP contribution in [0.3, 0.4) is 0 Å². The molecule has 0 saturated heterocycles. The highest BCUT2D eigenvalue weighted by atomic mass is 35.5. The zero-order chi connectivity index (χ0) is 14.4. The Balaban J connectivity index is 2.20. The van der Waals surface area contributed by atoms with Gasteiger partial charge in [0.05, 0.1) is 18.2 Å². The van der Waals surface area contributed by atoms with E-state index in [1.54, 1.807) is 0 Å². The minimum absolute atomic E-state index is 0.0459. The SMILES string of the molecule is C=CCCNC(CN)c1cc(Cl)c2c(c1)OCCCO2. The summed E-state index contributed by atoms with van der Waals surface area (Å²) in [5.74, 6) is 1.34. The van der Waals surface area contributed by atoms with Gasteiger partial charge in [0.2, 0.25) is 0 Å². The van der Waals surface area contributed by atoms with Crippen molar-refractivity contribution in [3.05, 3.63) is 35.4 Å². The highest BCUT2D eigenvalue weighted by Gasteiger charge is 2.18. The fourth-order valence-electron chi connectivity index (χ4n) is 2.15. The summed E-state index contributed by atoms with van der Waals surface area (Å²) in [5.41, 5.74) is 6.86. The molecule has 1 aromatic rings. The lowest BCUT2D eigenvalue weighted by Gasteiger charge is -2.19. The molecule has 1 aromatic carbocycles. The highest BCUT2D eigenvalue weighted by molar-refractivity contribution is 6.32. The molecular formula is C15H21ClN2O2. The van der Waals surface area contributed by atoms with Gasteiger partial charge in [-0.15, -0.1) is 6.58 Å². The Labute approximate surface area is 124 Å². The zero-order valence-corrected chi connectivity index (χ0v) is 12.3. The van der Waals surface area contributed by atoms with Gasteiger partial charge in [-0.25, -0.2) is 0 Å². The van der Waals surface area contributed by atoms with Crippen LogP contribution in [0.4, 0.5) is 0 Å². The molecule has 20 heavy (non-hydrogen) atoms. The molecule has 0 spiro atoms. The summed E-state index contributed by atoms with van der Waals surface area (Å²) in [4.78, 5) is 0. The quantitative estimate of drug-likeness (QED) is 0.626. The molecular weight excluding hydrogens is 276 g/mol. The van der Waals surface area contributed by atoms with Gasteiger partial charge < -0.3 is 20.5 Å². The molecule has 0 aromatic heterocycles. The Kier molecular flexibility index (Phi) is 5.71. The van der Waals surface area contributed by atoms with Crippen molar-refractivity contribution in [1.29, 1.82) is 0 Å². The largest absolute Gasteiger partial charge is 0.489 e. The van der Waals surface area contributed by atoms with Crippen molar-refractivity contribution in [2.24, 2.45) is 5.73 Å². The van der Waals surface area contributed by atoms with Gasteiger partial charge in [-0.05, 0) is 30.7 Å². The molecule has 1 aliphatic rings. The lowest BCUT2D eigenvalue weighted by Crippen LogP contribution is -2.28. The number of benzene rings is 1. The molecule has 0 radical (unpaired) electrons. The summed E-state index contributed by atoms with van der Waals surface area (Å²) in [6.45, 7) is 6.31. The Hall–Kier alpha value is -1.23. The number of hydrogen-bond acceptors (Lipinski definition) is 4. The number of ether oxygens (including phenoxy) is 2. The Bertz CT molecular complexity index is 465. The van der Waals surface area contributed by atoms with Crippen molar-refractivity contribution in [1.82, 2.24) is 5.32 Å². The van der Waals surface area contributed by atoms with Crippen molar-refractivity contribution in [3.63, 3.8) is 0 Å². The van der Waals surface area contributed by atoms with Crippen LogP contribution in [-0.4, -0.2) is 26.3 Å². The first kappa shape index (κ1) is 15.2. The molecule has 110 valence electrons. The first-order chi connectivity index (χ1) is 9.76. The lowest BCUT2D eigenvalue weighted by atomic mass is 10.1. The molecule has 0 aliphatic carbocycles. The topological polar surface area (TPSA) is 56.5 Å². The van der Waals surface area contributed by atoms with Crippen LogP contribution >= 0.6 is 11.6 Å². The van der Waals surface area contributed by atoms with Crippen molar-refractivity contribution in [2.45, 2.75) is 18.9 Å². The number of fused-ring (bicyclic) bond motifs is 1. The normalized spacial score (nSPS) is 15.5. The first-order valence-corrected chi connectivity index (χ1v) is 7.27. The van der Waals surface area contributed by atoms with E-state index in [0.29, 0.717) is 36.3 Å². The van der Waals surface area contributed by atoms with Gasteiger partial charge in [-0.2, -0.15) is 0 Å². The van der Waals surface area contributed by atoms with Gasteiger partial charge in [0, 0.05) is 19.0 Å². The molecule has 1 heterocycles. The minimum Gasteiger partial charge on any atom is -0.489 e. The molecule has 5 heteroatoms. The zero-order valence-electron chi connectivity index (χ0n) is 11.5. The average Bonchev–Trinajstić information content (AvgIpc) is 2.69. The van der Waals surface area contributed by atoms with Crippen LogP contribution < -0.4 is 20.5 Å². The molecule has 2 rings (SSSR count). The predicted molar refractivity (Wildman–Crippen MR) is 81.7 cm³/mol. The average molecular weight is 297 g/mol. The van der Waals surface area contributed by atoms with Gasteiger partial charge in [-0.3, -0.25) is 0 Å². The van der Waals surface area contributed by atoms with Gasteiger partial charge in [0.15, 0.2) is 11.5 Å². The molecule has 4 nitrogen and oxygen atoms in total. The second-order valence-electron chi connectivity index (χ2n) is 4.70. The smallest absolute Gasteiger partial charge is 0.179 e. The van der Waals surface area contributed by atoms with E-state index in [1.165, 1.54) is 0 Å². The standard InChI is InChI=1S/C15H21ClN2O2/c1-2-3-5-18-13(10-17)11-8-12(16)15-14(9-11)19-6-4-7-20-15/h2,8-9,13,18H,1,3-7,10,17H2. The molecule has 1 atom stereocenters. The fraction of sp³-hybridized carbons (Fsp3) is 0.467. The van der Waals surface area contributed by atoms with Crippen LogP contribution in [0.2, 0.25) is 5.02 Å². The van der Waals surface area contributed by atoms with Crippen molar-refractivity contribution in [3.8, 4) is 11.5 Å². The van der Waals surface area contributed by atoms with Gasteiger partial charge >= 0.3 is 0 Å². The van der Waals surface area contributed by atoms with Crippen LogP contribution in [0, 0.1) is 0 Å². The Morgan fingerprint density at radius 2 is 2.20 bits per heavy atom. The van der Waals surface area contributed by atoms with Gasteiger partial charge in [0.1, 0.15) is 0 Å². The van der Waals surface area contributed by atoms with E-state index in [9.17, 15) is 0 Å². The van der Waals surface area contributed by atoms with Gasteiger partial charge in [0.25, 0.3) is 0 Å². The van der Waals surface area contributed by atoms with E-state index in [2.05, 4.69) is 11.9 Å². The van der Waals surface area contributed by atoms with Crippen molar-refractivity contribution in [2.75, 3.05) is 26.3 Å². The Morgan fingerprint density at radius 1 is 1.40 bits per heavy atom. The number of rotatable bonds is 6. The third-order valence-electron chi connectivity index (χ3n) is 3.20. The lowest BCUT2D eigenvalue weighted by molar-refractivity contribution is 0.297. The summed E-state index contributed by atoms with van der Waals surface area (Å²) >= 11 is 6.29. The third-order valence-corrected chi connectivity index (χ3v) is 3.48. The van der Waals surface area contributed by atoms with E-state index in [-0.39, 0.29) is 6.04 Å². The van der Waals surface area contributed by atoms with Crippen LogP contribution in [0.15, 0.2) is 24.8 Å². The van der Waals surface area contributed by atoms with E-state index in [1.807, 2.05) is 18.2 Å². The maximum atomic E-state index is 6.29. The molecule has 0 saturated carbocycles. The summed E-state index contributed by atoms with van der Waals surface area (Å²) in [7, 11) is 0. The van der Waals surface area contributed by atoms with E-state index >= 15 is 0 Å². The summed E-state index contributed by atoms with van der Waals surface area (Å²) in [5, 5.41) is 3.96. The molecule has 0 amide bonds. The van der Waals surface area contributed by atoms with E-state index in [0.717, 1.165) is 24.9 Å². The van der Waals surface area contributed by atoms with Crippen LogP contribution in [0.1, 0.15) is 24.4 Å². The first-order valence-electron chi connectivity index (χ1n) is 6.89. The maximum absolute atomic E-state index is 6.29. The molecule has 0 fully saturated rings. The van der Waals surface area contributed by atoms with Crippen LogP contribution in [-0.2, 0) is 0 Å². The minimum atomic E-state index is 0.0459. The van der Waals surface area contributed by atoms with Crippen molar-refractivity contribution >= 4 is 11.6 Å². The van der Waals surface area contributed by atoms with Crippen LogP contribution in [0.25, 0.3) is 0 Å². The van der Waals surface area contributed by atoms with E-state index < -0.39 is 0 Å². The second-order valence-corrected chi connectivity index (χ2v) is 5.11. The Morgan fingerprint density at radius 3 is 2.95 bits per heavy atom. The highest BCUT2D eigenvalue weighted by Crippen LogP contribution is 2.39. The second kappa shape index (κ2) is 7.53. The van der Waals surface area contributed by atoms with Crippen LogP contribution in [0.5, 0.6) is 11.5 Å². The predicted octanol–water partition coefficient (Wildman–Crippen LogP) is 2.67. The number of hydrogen-bond donors (Lipinski definition) is 2. The molecule has 1 unspecified atom stereocenters. The monoisotopic (exact) mass is 296 g/mol. The van der Waals surface area contributed by atoms with Crippen molar-refractivity contribution < 1.29 is 9.47 Å². The molecule has 0 bridgehead atoms. The summed E-state index contributed by atoms with van der Waals surface area (Å²) in [6, 6.07) is 3.91. The summed E-state index contributed by atoms with van der Waals surface area (Å²) < 4.78 is 11.3. The molecule has 3 N–H and O–H groups in total. The van der Waals surface area contributed by atoms with Gasteiger partial charge in [-0.1, -0.05) is 17.7 Å². The third kappa shape index (κ3) is 3.66. The number of nitrogens with two attached hydrogens (primary N) is 1. The molecule has 1 aliphatic heterocycles. The number of nitrogens with one attached hydrogen (secondary N) is 1. The summed E-state index contributed by atoms with van der Waals surface area (Å²) in [6.07, 6.45) is 3.63. The fourth-order valence-corrected chi connectivity index (χ4v) is 2.42. The maximum Gasteiger partial charge on any atom is 0.179 e. The van der Waals surface area contributed by atoms with E-state index in [4.69, 9.17) is 26.8 Å². The number of halogens is 1.